The molecular weight excluding hydrogens is 261 g/mol. The second kappa shape index (κ2) is 6.48. The van der Waals surface area contributed by atoms with Gasteiger partial charge < -0.3 is 5.73 Å². The molecule has 1 aromatic carbocycles. The van der Waals surface area contributed by atoms with Crippen LogP contribution >= 0.6 is 0 Å². The van der Waals surface area contributed by atoms with Gasteiger partial charge >= 0.3 is 0 Å². The van der Waals surface area contributed by atoms with Crippen molar-refractivity contribution in [1.29, 1.82) is 0 Å². The number of hydrogen-bond acceptors (Lipinski definition) is 1. The molecule has 2 heteroatoms. The predicted molar refractivity (Wildman–Crippen MR) is 85.6 cm³/mol. The maximum Gasteiger partial charge on any atom is 0.123 e. The van der Waals surface area contributed by atoms with E-state index < -0.39 is 0 Å². The molecule has 2 N–H and O–H groups in total. The summed E-state index contributed by atoms with van der Waals surface area (Å²) in [6.07, 6.45) is 10.5. The Kier molecular flexibility index (Phi) is 4.63. The lowest BCUT2D eigenvalue weighted by molar-refractivity contribution is 0.117. The van der Waals surface area contributed by atoms with E-state index in [1.807, 2.05) is 6.07 Å². The molecule has 0 heterocycles. The Labute approximate surface area is 128 Å². The van der Waals surface area contributed by atoms with E-state index in [2.05, 4.69) is 6.92 Å². The first-order valence-electron chi connectivity index (χ1n) is 8.64. The van der Waals surface area contributed by atoms with Crippen molar-refractivity contribution >= 4 is 0 Å². The Morgan fingerprint density at radius 1 is 1.14 bits per heavy atom. The van der Waals surface area contributed by atoms with Gasteiger partial charge in [-0.1, -0.05) is 31.7 Å². The van der Waals surface area contributed by atoms with E-state index in [4.69, 9.17) is 5.73 Å². The highest BCUT2D eigenvalue weighted by molar-refractivity contribution is 5.27. The second-order valence-electron chi connectivity index (χ2n) is 7.32. The Bertz CT molecular complexity index is 484. The van der Waals surface area contributed by atoms with Crippen molar-refractivity contribution in [2.45, 2.75) is 64.3 Å². The number of hydrogen-bond donors (Lipinski definition) is 1. The van der Waals surface area contributed by atoms with E-state index in [-0.39, 0.29) is 11.9 Å². The van der Waals surface area contributed by atoms with Gasteiger partial charge in [-0.3, -0.25) is 0 Å². The highest BCUT2D eigenvalue weighted by Crippen LogP contribution is 2.43. The molecule has 0 spiro atoms. The number of aryl methyl sites for hydroxylation is 1. The zero-order valence-electron chi connectivity index (χ0n) is 13.2. The Hall–Kier alpha value is -0.890. The van der Waals surface area contributed by atoms with Crippen molar-refractivity contribution in [3.05, 3.63) is 35.1 Å². The van der Waals surface area contributed by atoms with Crippen molar-refractivity contribution in [1.82, 2.24) is 0 Å². The Morgan fingerprint density at radius 3 is 2.71 bits per heavy atom. The highest BCUT2D eigenvalue weighted by Gasteiger charge is 2.34. The van der Waals surface area contributed by atoms with E-state index in [0.717, 1.165) is 23.8 Å². The van der Waals surface area contributed by atoms with Crippen molar-refractivity contribution in [3.63, 3.8) is 0 Å². The summed E-state index contributed by atoms with van der Waals surface area (Å²) in [5.41, 5.74) is 8.75. The van der Waals surface area contributed by atoms with E-state index in [0.29, 0.717) is 5.92 Å². The largest absolute Gasteiger partial charge is 0.327 e. The van der Waals surface area contributed by atoms with Crippen LogP contribution in [-0.4, -0.2) is 6.04 Å². The van der Waals surface area contributed by atoms with Gasteiger partial charge in [-0.05, 0) is 73.6 Å². The van der Waals surface area contributed by atoms with Gasteiger partial charge in [0.05, 0.1) is 0 Å². The van der Waals surface area contributed by atoms with Crippen molar-refractivity contribution < 1.29 is 4.39 Å². The third-order valence-electron chi connectivity index (χ3n) is 5.95. The number of nitrogens with two attached hydrogens (primary N) is 1. The number of fused-ring (bicyclic) bond motifs is 1. The Balaban J connectivity index is 1.62. The van der Waals surface area contributed by atoms with Crippen LogP contribution in [0.3, 0.4) is 0 Å². The molecule has 4 atom stereocenters. The quantitative estimate of drug-likeness (QED) is 0.864. The molecule has 3 rings (SSSR count). The molecular formula is C19H28FN. The fraction of sp³-hybridized carbons (Fsp3) is 0.684. The van der Waals surface area contributed by atoms with Gasteiger partial charge in [0.2, 0.25) is 0 Å². The minimum absolute atomic E-state index is 0.140. The fourth-order valence-corrected chi connectivity index (χ4v) is 4.58. The molecule has 0 amide bonds. The second-order valence-corrected chi connectivity index (χ2v) is 7.32. The monoisotopic (exact) mass is 289 g/mol. The molecule has 0 aliphatic heterocycles. The lowest BCUT2D eigenvalue weighted by atomic mass is 9.66. The maximum absolute atomic E-state index is 13.4. The first-order valence-corrected chi connectivity index (χ1v) is 8.64. The molecule has 4 unspecified atom stereocenters. The summed E-state index contributed by atoms with van der Waals surface area (Å²) in [5, 5.41) is 0. The first-order chi connectivity index (χ1) is 10.1. The first kappa shape index (κ1) is 15.0. The average molecular weight is 289 g/mol. The molecule has 0 bridgehead atoms. The van der Waals surface area contributed by atoms with Crippen molar-refractivity contribution in [3.8, 4) is 0 Å². The molecule has 0 aromatic heterocycles. The third-order valence-corrected chi connectivity index (χ3v) is 5.95. The third kappa shape index (κ3) is 3.48. The van der Waals surface area contributed by atoms with Gasteiger partial charge in [0.1, 0.15) is 5.82 Å². The minimum atomic E-state index is -0.140. The van der Waals surface area contributed by atoms with Gasteiger partial charge in [0.15, 0.2) is 0 Å². The van der Waals surface area contributed by atoms with Gasteiger partial charge in [-0.25, -0.2) is 4.39 Å². The van der Waals surface area contributed by atoms with Gasteiger partial charge in [0, 0.05) is 6.04 Å². The summed E-state index contributed by atoms with van der Waals surface area (Å²) < 4.78 is 13.4. The normalized spacial score (nSPS) is 30.7. The molecule has 21 heavy (non-hydrogen) atoms. The minimum Gasteiger partial charge on any atom is -0.327 e. The molecule has 1 aromatic rings. The van der Waals surface area contributed by atoms with E-state index in [9.17, 15) is 4.39 Å². The van der Waals surface area contributed by atoms with Crippen LogP contribution in [0.15, 0.2) is 18.2 Å². The fourth-order valence-electron chi connectivity index (χ4n) is 4.58. The standard InChI is InChI=1S/C19H28FN/c1-13-6-9-18(20)11-17(13)12-19(21)16-8-7-14-4-2-3-5-15(14)10-16/h6,9,11,14-16,19H,2-5,7-8,10,12,21H2,1H3. The smallest absolute Gasteiger partial charge is 0.123 e. The molecule has 2 aliphatic rings. The summed E-state index contributed by atoms with van der Waals surface area (Å²) in [6.45, 7) is 2.06. The number of rotatable bonds is 3. The lowest BCUT2D eigenvalue weighted by Crippen LogP contribution is -2.39. The van der Waals surface area contributed by atoms with Gasteiger partial charge in [-0.2, -0.15) is 0 Å². The lowest BCUT2D eigenvalue weighted by Gasteiger charge is -2.41. The van der Waals surface area contributed by atoms with Crippen LogP contribution in [0.4, 0.5) is 4.39 Å². The predicted octanol–water partition coefficient (Wildman–Crippen LogP) is 4.61. The number of halogens is 1. The highest BCUT2D eigenvalue weighted by atomic mass is 19.1. The van der Waals surface area contributed by atoms with E-state index >= 15 is 0 Å². The molecule has 116 valence electrons. The van der Waals surface area contributed by atoms with Gasteiger partial charge in [-0.15, -0.1) is 0 Å². The van der Waals surface area contributed by atoms with Crippen LogP contribution in [0.25, 0.3) is 0 Å². The van der Waals surface area contributed by atoms with E-state index in [1.54, 1.807) is 6.07 Å². The Morgan fingerprint density at radius 2 is 1.90 bits per heavy atom. The molecule has 0 radical (unpaired) electrons. The molecule has 2 fully saturated rings. The van der Waals surface area contributed by atoms with Gasteiger partial charge in [0.25, 0.3) is 0 Å². The van der Waals surface area contributed by atoms with Crippen LogP contribution < -0.4 is 5.73 Å². The molecule has 1 nitrogen and oxygen atoms in total. The van der Waals surface area contributed by atoms with Crippen LogP contribution in [0.1, 0.15) is 56.1 Å². The maximum atomic E-state index is 13.4. The van der Waals surface area contributed by atoms with Crippen LogP contribution in [-0.2, 0) is 6.42 Å². The summed E-state index contributed by atoms with van der Waals surface area (Å²) in [4.78, 5) is 0. The van der Waals surface area contributed by atoms with Crippen molar-refractivity contribution in [2.24, 2.45) is 23.5 Å². The molecule has 0 saturated heterocycles. The average Bonchev–Trinajstić information content (AvgIpc) is 2.50. The number of benzene rings is 1. The summed E-state index contributed by atoms with van der Waals surface area (Å²) in [7, 11) is 0. The summed E-state index contributed by atoms with van der Waals surface area (Å²) in [6, 6.07) is 5.27. The summed E-state index contributed by atoms with van der Waals surface area (Å²) in [5.74, 6) is 2.38. The van der Waals surface area contributed by atoms with Crippen molar-refractivity contribution in [2.75, 3.05) is 0 Å². The SMILES string of the molecule is Cc1ccc(F)cc1CC(N)C1CCC2CCCCC2C1. The van der Waals surface area contributed by atoms with E-state index in [1.165, 1.54) is 56.6 Å². The van der Waals surface area contributed by atoms with Crippen LogP contribution in [0.5, 0.6) is 0 Å². The summed E-state index contributed by atoms with van der Waals surface area (Å²) >= 11 is 0. The zero-order chi connectivity index (χ0) is 14.8. The van der Waals surface area contributed by atoms with Crippen LogP contribution in [0, 0.1) is 30.5 Å². The molecule has 2 saturated carbocycles. The topological polar surface area (TPSA) is 26.0 Å². The molecule has 2 aliphatic carbocycles. The van der Waals surface area contributed by atoms with Crippen LogP contribution in [0.2, 0.25) is 0 Å². The zero-order valence-corrected chi connectivity index (χ0v) is 13.2.